The molecule has 0 aliphatic heterocycles. The molecule has 4 aromatic rings. The van der Waals surface area contributed by atoms with E-state index < -0.39 is 11.9 Å². The monoisotopic (exact) mass is 572 g/mol. The van der Waals surface area contributed by atoms with Crippen molar-refractivity contribution in [2.45, 2.75) is 20.5 Å². The van der Waals surface area contributed by atoms with Gasteiger partial charge in [0.15, 0.2) is 11.5 Å². The molecule has 0 saturated carbocycles. The first kappa shape index (κ1) is 29.2. The van der Waals surface area contributed by atoms with Gasteiger partial charge in [-0.15, -0.1) is 0 Å². The first-order chi connectivity index (χ1) is 20.0. The topological polar surface area (TPSA) is 95.5 Å². The fourth-order valence-electron chi connectivity index (χ4n) is 3.72. The van der Waals surface area contributed by atoms with Crippen molar-refractivity contribution < 1.29 is 28.5 Å². The number of nitrogens with one attached hydrogen (secondary N) is 1. The predicted molar refractivity (Wildman–Crippen MR) is 157 cm³/mol. The van der Waals surface area contributed by atoms with Gasteiger partial charge in [0.2, 0.25) is 0 Å². The van der Waals surface area contributed by atoms with Crippen molar-refractivity contribution in [2.24, 2.45) is 5.10 Å². The van der Waals surface area contributed by atoms with Crippen LogP contribution >= 0.6 is 11.6 Å². The number of carbonyl (C=O) groups excluding carboxylic acids is 2. The van der Waals surface area contributed by atoms with Crippen molar-refractivity contribution in [1.82, 2.24) is 5.43 Å². The summed E-state index contributed by atoms with van der Waals surface area (Å²) < 4.78 is 22.5. The van der Waals surface area contributed by atoms with Crippen molar-refractivity contribution in [3.63, 3.8) is 0 Å². The number of hydrogen-bond donors (Lipinski definition) is 1. The third-order valence-corrected chi connectivity index (χ3v) is 5.94. The van der Waals surface area contributed by atoms with Crippen molar-refractivity contribution >= 4 is 29.7 Å². The van der Waals surface area contributed by atoms with E-state index in [9.17, 15) is 9.59 Å². The van der Waals surface area contributed by atoms with Gasteiger partial charge in [0.1, 0.15) is 18.1 Å². The van der Waals surface area contributed by atoms with Crippen LogP contribution < -0.4 is 24.4 Å². The van der Waals surface area contributed by atoms with Gasteiger partial charge in [-0.25, -0.2) is 10.2 Å². The van der Waals surface area contributed by atoms with Crippen LogP contribution in [0.5, 0.6) is 23.0 Å². The molecule has 0 saturated heterocycles. The zero-order chi connectivity index (χ0) is 29.0. The molecule has 0 radical (unpaired) electrons. The summed E-state index contributed by atoms with van der Waals surface area (Å²) in [4.78, 5) is 25.5. The molecule has 1 amide bonds. The summed E-state index contributed by atoms with van der Waals surface area (Å²) in [6.07, 6.45) is 1.47. The molecule has 8 nitrogen and oxygen atoms in total. The number of nitrogens with zero attached hydrogens (tertiary/aromatic N) is 1. The number of rotatable bonds is 12. The number of amides is 1. The lowest BCUT2D eigenvalue weighted by Gasteiger charge is -2.12. The summed E-state index contributed by atoms with van der Waals surface area (Å²) in [6, 6.07) is 25.9. The first-order valence-corrected chi connectivity index (χ1v) is 13.4. The molecule has 41 heavy (non-hydrogen) atoms. The Morgan fingerprint density at radius 2 is 1.54 bits per heavy atom. The lowest BCUT2D eigenvalue weighted by Crippen LogP contribution is -2.18. The van der Waals surface area contributed by atoms with Gasteiger partial charge in [-0.3, -0.25) is 4.79 Å². The number of hydrogen-bond acceptors (Lipinski definition) is 7. The van der Waals surface area contributed by atoms with Gasteiger partial charge in [0, 0.05) is 5.02 Å². The standard InChI is InChI=1S/C32H29ClN2O6/c1-3-38-26-16-12-24(13-17-26)32(37)41-29-18-11-23(19-30(29)39-4-2)20-34-35-31(36)27-7-5-6-8-28(27)40-21-22-9-14-25(33)15-10-22/h5-20H,3-4,21H2,1-2H3,(H,35,36). The summed E-state index contributed by atoms with van der Waals surface area (Å²) in [5, 5.41) is 4.72. The Morgan fingerprint density at radius 3 is 2.27 bits per heavy atom. The van der Waals surface area contributed by atoms with Crippen molar-refractivity contribution in [2.75, 3.05) is 13.2 Å². The molecule has 0 fully saturated rings. The molecule has 0 unspecified atom stereocenters. The Hall–Kier alpha value is -4.82. The zero-order valence-corrected chi connectivity index (χ0v) is 23.4. The van der Waals surface area contributed by atoms with E-state index in [0.29, 0.717) is 52.2 Å². The Labute approximate surface area is 243 Å². The van der Waals surface area contributed by atoms with Gasteiger partial charge < -0.3 is 18.9 Å². The van der Waals surface area contributed by atoms with Gasteiger partial charge >= 0.3 is 5.97 Å². The maximum Gasteiger partial charge on any atom is 0.343 e. The molecule has 0 aliphatic rings. The molecule has 0 bridgehead atoms. The zero-order valence-electron chi connectivity index (χ0n) is 22.6. The SMILES string of the molecule is CCOc1ccc(C(=O)Oc2ccc(C=NNC(=O)c3ccccc3OCc3ccc(Cl)cc3)cc2OCC)cc1. The number of ether oxygens (including phenoxy) is 4. The lowest BCUT2D eigenvalue weighted by molar-refractivity contribution is 0.0728. The highest BCUT2D eigenvalue weighted by molar-refractivity contribution is 6.30. The van der Waals surface area contributed by atoms with Crippen LogP contribution in [0, 0.1) is 0 Å². The summed E-state index contributed by atoms with van der Waals surface area (Å²) in [6.45, 7) is 4.89. The fourth-order valence-corrected chi connectivity index (χ4v) is 3.84. The lowest BCUT2D eigenvalue weighted by atomic mass is 10.2. The van der Waals surface area contributed by atoms with Gasteiger partial charge in [0.25, 0.3) is 5.91 Å². The number of benzene rings is 4. The average molecular weight is 573 g/mol. The normalized spacial score (nSPS) is 10.7. The van der Waals surface area contributed by atoms with Crippen LogP contribution in [0.15, 0.2) is 96.1 Å². The number of carbonyl (C=O) groups is 2. The molecular formula is C32H29ClN2O6. The van der Waals surface area contributed by atoms with Crippen LogP contribution in [0.3, 0.4) is 0 Å². The Balaban J connectivity index is 1.39. The molecule has 0 atom stereocenters. The number of esters is 1. The van der Waals surface area contributed by atoms with E-state index in [1.165, 1.54) is 6.21 Å². The highest BCUT2D eigenvalue weighted by atomic mass is 35.5. The summed E-state index contributed by atoms with van der Waals surface area (Å²) in [5.74, 6) is 0.761. The van der Waals surface area contributed by atoms with E-state index in [-0.39, 0.29) is 12.4 Å². The molecule has 0 spiro atoms. The van der Waals surface area contributed by atoms with Crippen LogP contribution in [0.2, 0.25) is 5.02 Å². The Bertz CT molecular complexity index is 1500. The Morgan fingerprint density at radius 1 is 0.805 bits per heavy atom. The van der Waals surface area contributed by atoms with E-state index in [2.05, 4.69) is 10.5 Å². The molecule has 4 aromatic carbocycles. The third-order valence-electron chi connectivity index (χ3n) is 5.69. The minimum Gasteiger partial charge on any atom is -0.494 e. The first-order valence-electron chi connectivity index (χ1n) is 13.0. The molecule has 4 rings (SSSR count). The predicted octanol–water partition coefficient (Wildman–Crippen LogP) is 6.70. The number of halogens is 1. The second-order valence-electron chi connectivity index (χ2n) is 8.60. The smallest absolute Gasteiger partial charge is 0.343 e. The molecular weight excluding hydrogens is 544 g/mol. The van der Waals surface area contributed by atoms with Crippen LogP contribution in [0.1, 0.15) is 45.7 Å². The van der Waals surface area contributed by atoms with E-state index in [1.807, 2.05) is 26.0 Å². The second-order valence-corrected chi connectivity index (χ2v) is 9.03. The van der Waals surface area contributed by atoms with Crippen LogP contribution in [0.25, 0.3) is 0 Å². The Kier molecular flexibility index (Phi) is 10.3. The van der Waals surface area contributed by atoms with E-state index in [4.69, 9.17) is 30.5 Å². The van der Waals surface area contributed by atoms with Crippen LogP contribution in [-0.2, 0) is 6.61 Å². The quantitative estimate of drug-likeness (QED) is 0.0878. The second kappa shape index (κ2) is 14.5. The molecule has 210 valence electrons. The largest absolute Gasteiger partial charge is 0.494 e. The highest BCUT2D eigenvalue weighted by Crippen LogP contribution is 2.29. The molecule has 0 aliphatic carbocycles. The van der Waals surface area contributed by atoms with E-state index in [0.717, 1.165) is 5.56 Å². The summed E-state index contributed by atoms with van der Waals surface area (Å²) >= 11 is 5.94. The van der Waals surface area contributed by atoms with Gasteiger partial charge in [-0.2, -0.15) is 5.10 Å². The van der Waals surface area contributed by atoms with E-state index in [1.54, 1.807) is 78.9 Å². The molecule has 0 heterocycles. The van der Waals surface area contributed by atoms with Crippen LogP contribution in [-0.4, -0.2) is 31.3 Å². The van der Waals surface area contributed by atoms with Crippen molar-refractivity contribution in [3.8, 4) is 23.0 Å². The summed E-state index contributed by atoms with van der Waals surface area (Å²) in [5.41, 5.74) is 4.78. The molecule has 0 aromatic heterocycles. The highest BCUT2D eigenvalue weighted by Gasteiger charge is 2.14. The number of hydrazone groups is 1. The van der Waals surface area contributed by atoms with Crippen molar-refractivity contribution in [1.29, 1.82) is 0 Å². The minimum absolute atomic E-state index is 0.263. The minimum atomic E-state index is -0.528. The van der Waals surface area contributed by atoms with Gasteiger partial charge in [-0.05, 0) is 91.7 Å². The van der Waals surface area contributed by atoms with Gasteiger partial charge in [-0.1, -0.05) is 35.9 Å². The van der Waals surface area contributed by atoms with E-state index >= 15 is 0 Å². The summed E-state index contributed by atoms with van der Waals surface area (Å²) in [7, 11) is 0. The fraction of sp³-hybridized carbons (Fsp3) is 0.156. The maximum absolute atomic E-state index is 12.8. The molecule has 1 N–H and O–H groups in total. The maximum atomic E-state index is 12.8. The molecule has 9 heteroatoms. The number of para-hydroxylation sites is 1. The van der Waals surface area contributed by atoms with Gasteiger partial charge in [0.05, 0.1) is 30.6 Å². The van der Waals surface area contributed by atoms with Crippen molar-refractivity contribution in [3.05, 3.63) is 118 Å². The van der Waals surface area contributed by atoms with Crippen LogP contribution in [0.4, 0.5) is 0 Å². The average Bonchev–Trinajstić information content (AvgIpc) is 2.99. The third kappa shape index (κ3) is 8.33.